The summed E-state index contributed by atoms with van der Waals surface area (Å²) in [5.74, 6) is 3.03. The van der Waals surface area contributed by atoms with Crippen LogP contribution < -0.4 is 28.4 Å². The Morgan fingerprint density at radius 1 is 0.952 bits per heavy atom. The largest absolute Gasteiger partial charge is 0.497 e. The van der Waals surface area contributed by atoms with Gasteiger partial charge in [0.25, 0.3) is 0 Å². The van der Waals surface area contributed by atoms with Gasteiger partial charge in [-0.3, -0.25) is 0 Å². The van der Waals surface area contributed by atoms with Crippen molar-refractivity contribution in [2.45, 2.75) is 25.2 Å². The van der Waals surface area contributed by atoms with Gasteiger partial charge in [0.2, 0.25) is 6.79 Å². The number of hydrogen-bond acceptors (Lipinski definition) is 10. The van der Waals surface area contributed by atoms with Crippen LogP contribution in [0.15, 0.2) is 64.7 Å². The molecular formula is C30H29N3O8S. The predicted molar refractivity (Wildman–Crippen MR) is 156 cm³/mol. The molecule has 42 heavy (non-hydrogen) atoms. The van der Waals surface area contributed by atoms with Crippen LogP contribution in [-0.2, 0) is 17.9 Å². The maximum Gasteiger partial charge on any atom is 0.342 e. The van der Waals surface area contributed by atoms with Crippen LogP contribution in [0.25, 0.3) is 17.5 Å². The normalized spacial score (nSPS) is 12.2. The molecule has 2 heterocycles. The van der Waals surface area contributed by atoms with E-state index >= 15 is 0 Å². The van der Waals surface area contributed by atoms with Gasteiger partial charge < -0.3 is 38.1 Å². The molecule has 0 saturated carbocycles. The van der Waals surface area contributed by atoms with Gasteiger partial charge in [-0.15, -0.1) is 10.2 Å². The Hall–Kier alpha value is -4.84. The minimum absolute atomic E-state index is 0.0583. The number of methoxy groups -OCH3 is 3. The number of rotatable bonds is 12. The van der Waals surface area contributed by atoms with E-state index in [1.165, 1.54) is 7.11 Å². The van der Waals surface area contributed by atoms with E-state index in [0.29, 0.717) is 57.6 Å². The lowest BCUT2D eigenvalue weighted by atomic mass is 10.2. The third-order valence-corrected chi connectivity index (χ3v) is 7.37. The number of benzene rings is 3. The molecule has 1 aliphatic heterocycles. The molecule has 218 valence electrons. The van der Waals surface area contributed by atoms with Crippen LogP contribution in [0.1, 0.15) is 18.1 Å². The van der Waals surface area contributed by atoms with Gasteiger partial charge in [0.1, 0.15) is 23.0 Å². The standard InChI is InChI=1S/C30H29N3O8S/c1-5-33-28(20-13-21(36-2)15-22(14-20)37-3)31-32-30(33)42-27(29(34)35)12-18-6-8-23(25(10-18)38-4)39-16-19-7-9-24-26(11-19)41-17-40-24/h6-15H,5,16-17H2,1-4H3,(H,34,35)/b27-12-. The van der Waals surface area contributed by atoms with E-state index in [2.05, 4.69) is 10.2 Å². The molecule has 0 bridgehead atoms. The Balaban J connectivity index is 1.37. The summed E-state index contributed by atoms with van der Waals surface area (Å²) in [6.45, 7) is 2.94. The number of carbonyl (C=O) groups is 1. The van der Waals surface area contributed by atoms with Gasteiger partial charge in [0, 0.05) is 18.2 Å². The van der Waals surface area contributed by atoms with E-state index in [-0.39, 0.29) is 18.3 Å². The van der Waals surface area contributed by atoms with Crippen molar-refractivity contribution in [1.29, 1.82) is 0 Å². The number of nitrogens with zero attached hydrogens (tertiary/aromatic N) is 3. The van der Waals surface area contributed by atoms with Crippen LogP contribution in [-0.4, -0.2) is 54.0 Å². The minimum atomic E-state index is -1.10. The minimum Gasteiger partial charge on any atom is -0.497 e. The van der Waals surface area contributed by atoms with E-state index in [9.17, 15) is 9.90 Å². The lowest BCUT2D eigenvalue weighted by molar-refractivity contribution is -0.131. The third-order valence-electron chi connectivity index (χ3n) is 6.37. The van der Waals surface area contributed by atoms with Gasteiger partial charge in [-0.05, 0) is 72.3 Å². The second-order valence-electron chi connectivity index (χ2n) is 8.95. The Morgan fingerprint density at radius 3 is 2.40 bits per heavy atom. The van der Waals surface area contributed by atoms with Crippen LogP contribution in [0.2, 0.25) is 0 Å². The third kappa shape index (κ3) is 6.23. The molecule has 0 amide bonds. The summed E-state index contributed by atoms with van der Waals surface area (Å²) in [6.07, 6.45) is 1.56. The van der Waals surface area contributed by atoms with Crippen molar-refractivity contribution in [2.24, 2.45) is 0 Å². The molecule has 1 aromatic heterocycles. The summed E-state index contributed by atoms with van der Waals surface area (Å²) in [6, 6.07) is 16.2. The topological polar surface area (TPSA) is 123 Å². The summed E-state index contributed by atoms with van der Waals surface area (Å²) in [4.78, 5) is 12.3. The summed E-state index contributed by atoms with van der Waals surface area (Å²) in [5, 5.41) is 19.1. The molecule has 0 saturated heterocycles. The highest BCUT2D eigenvalue weighted by Crippen LogP contribution is 2.36. The highest BCUT2D eigenvalue weighted by molar-refractivity contribution is 8.04. The fraction of sp³-hybridized carbons (Fsp3) is 0.233. The van der Waals surface area contributed by atoms with Crippen molar-refractivity contribution < 1.29 is 38.3 Å². The molecule has 0 unspecified atom stereocenters. The van der Waals surface area contributed by atoms with Gasteiger partial charge in [-0.25, -0.2) is 4.79 Å². The molecular weight excluding hydrogens is 562 g/mol. The predicted octanol–water partition coefficient (Wildman–Crippen LogP) is 5.52. The van der Waals surface area contributed by atoms with Crippen molar-refractivity contribution >= 4 is 23.8 Å². The van der Waals surface area contributed by atoms with Crippen molar-refractivity contribution in [2.75, 3.05) is 28.1 Å². The molecule has 12 heteroatoms. The molecule has 1 N–H and O–H groups in total. The van der Waals surface area contributed by atoms with Crippen LogP contribution in [0, 0.1) is 0 Å². The zero-order valence-corrected chi connectivity index (χ0v) is 24.3. The maximum atomic E-state index is 12.3. The molecule has 11 nitrogen and oxygen atoms in total. The summed E-state index contributed by atoms with van der Waals surface area (Å²) in [5.41, 5.74) is 2.25. The molecule has 0 atom stereocenters. The quantitative estimate of drug-likeness (QED) is 0.166. The molecule has 3 aromatic carbocycles. The number of thioether (sulfide) groups is 1. The molecule has 5 rings (SSSR count). The first kappa shape index (κ1) is 28.7. The number of aliphatic carboxylic acids is 1. The zero-order chi connectivity index (χ0) is 29.6. The van der Waals surface area contributed by atoms with Crippen molar-refractivity contribution in [1.82, 2.24) is 14.8 Å². The van der Waals surface area contributed by atoms with Crippen molar-refractivity contribution in [3.63, 3.8) is 0 Å². The van der Waals surface area contributed by atoms with Crippen molar-refractivity contribution in [3.8, 4) is 45.9 Å². The summed E-state index contributed by atoms with van der Waals surface area (Å²) >= 11 is 1.01. The molecule has 4 aromatic rings. The molecule has 0 aliphatic carbocycles. The first-order valence-electron chi connectivity index (χ1n) is 12.9. The number of carboxylic acid groups (broad SMARTS) is 1. The molecule has 0 radical (unpaired) electrons. The highest BCUT2D eigenvalue weighted by atomic mass is 32.2. The van der Waals surface area contributed by atoms with Gasteiger partial charge >= 0.3 is 5.97 Å². The monoisotopic (exact) mass is 591 g/mol. The number of ether oxygens (including phenoxy) is 6. The lowest BCUT2D eigenvalue weighted by Crippen LogP contribution is -2.03. The van der Waals surface area contributed by atoms with Crippen LogP contribution in [0.3, 0.4) is 0 Å². The smallest absolute Gasteiger partial charge is 0.342 e. The molecule has 0 fully saturated rings. The van der Waals surface area contributed by atoms with E-state index in [1.807, 2.05) is 41.8 Å². The Bertz CT molecular complexity index is 1610. The van der Waals surface area contributed by atoms with Gasteiger partial charge in [0.15, 0.2) is 34.0 Å². The van der Waals surface area contributed by atoms with E-state index in [4.69, 9.17) is 28.4 Å². The second kappa shape index (κ2) is 12.8. The average Bonchev–Trinajstić information content (AvgIpc) is 3.66. The number of carboxylic acids is 1. The fourth-order valence-electron chi connectivity index (χ4n) is 4.27. The number of fused-ring (bicyclic) bond motifs is 1. The SMILES string of the molecule is CCn1c(S/C(=C\c2ccc(OCc3ccc4c(c3)OCO4)c(OC)c2)C(=O)O)nnc1-c1cc(OC)cc(OC)c1. The molecule has 1 aliphatic rings. The lowest BCUT2D eigenvalue weighted by Gasteiger charge is -2.12. The van der Waals surface area contributed by atoms with Gasteiger partial charge in [0.05, 0.1) is 21.3 Å². The van der Waals surface area contributed by atoms with Crippen LogP contribution in [0.5, 0.6) is 34.5 Å². The zero-order valence-electron chi connectivity index (χ0n) is 23.4. The van der Waals surface area contributed by atoms with Gasteiger partial charge in [-0.2, -0.15) is 0 Å². The Morgan fingerprint density at radius 2 is 1.71 bits per heavy atom. The summed E-state index contributed by atoms with van der Waals surface area (Å²) < 4.78 is 34.9. The van der Waals surface area contributed by atoms with Gasteiger partial charge in [-0.1, -0.05) is 12.1 Å². The Labute approximate surface area is 246 Å². The van der Waals surface area contributed by atoms with E-state index < -0.39 is 5.97 Å². The fourth-order valence-corrected chi connectivity index (χ4v) is 5.16. The summed E-state index contributed by atoms with van der Waals surface area (Å²) in [7, 11) is 4.67. The number of aromatic nitrogens is 3. The van der Waals surface area contributed by atoms with Crippen LogP contribution >= 0.6 is 11.8 Å². The number of hydrogen-bond donors (Lipinski definition) is 1. The Kier molecular flexibility index (Phi) is 8.72. The molecule has 0 spiro atoms. The first-order valence-corrected chi connectivity index (χ1v) is 13.7. The van der Waals surface area contributed by atoms with Crippen LogP contribution in [0.4, 0.5) is 0 Å². The highest BCUT2D eigenvalue weighted by Gasteiger charge is 2.20. The van der Waals surface area contributed by atoms with Crippen molar-refractivity contribution in [3.05, 3.63) is 70.6 Å². The first-order chi connectivity index (χ1) is 20.4. The maximum absolute atomic E-state index is 12.3. The second-order valence-corrected chi connectivity index (χ2v) is 9.96. The van der Waals surface area contributed by atoms with E-state index in [1.54, 1.807) is 44.6 Å². The van der Waals surface area contributed by atoms with E-state index in [0.717, 1.165) is 22.9 Å². The average molecular weight is 592 g/mol.